The molecule has 2 aromatic carbocycles. The first-order valence-electron chi connectivity index (χ1n) is 9.53. The van der Waals surface area contributed by atoms with E-state index in [-0.39, 0.29) is 23.5 Å². The number of fused-ring (bicyclic) bond motifs is 1. The third kappa shape index (κ3) is 4.89. The van der Waals surface area contributed by atoms with E-state index < -0.39 is 16.5 Å². The standard InChI is InChI=1S/C22H22N2O7/c1-13-4-6-17-16(11-20(25)31-21(17)14(13)2)12-30-22(26)15-5-7-18(23-8-9-29-3)19(10-15)24(27)28/h4-7,10-11,23H,8-9,12H2,1-3H3. The first-order chi connectivity index (χ1) is 14.8. The van der Waals surface area contributed by atoms with Crippen molar-refractivity contribution in [2.45, 2.75) is 20.5 Å². The molecule has 162 valence electrons. The average Bonchev–Trinajstić information content (AvgIpc) is 2.74. The van der Waals surface area contributed by atoms with Crippen LogP contribution in [0.4, 0.5) is 11.4 Å². The molecule has 0 aliphatic heterocycles. The number of nitrogens with one attached hydrogen (secondary N) is 1. The monoisotopic (exact) mass is 426 g/mol. The van der Waals surface area contributed by atoms with Crippen molar-refractivity contribution >= 4 is 28.3 Å². The fourth-order valence-electron chi connectivity index (χ4n) is 3.12. The molecule has 0 spiro atoms. The Morgan fingerprint density at radius 3 is 2.68 bits per heavy atom. The molecule has 1 heterocycles. The first-order valence-corrected chi connectivity index (χ1v) is 9.53. The number of ether oxygens (including phenoxy) is 2. The quantitative estimate of drug-likeness (QED) is 0.190. The molecule has 0 fully saturated rings. The van der Waals surface area contributed by atoms with Crippen molar-refractivity contribution in [1.29, 1.82) is 0 Å². The largest absolute Gasteiger partial charge is 0.457 e. The summed E-state index contributed by atoms with van der Waals surface area (Å²) in [6.45, 7) is 4.33. The molecule has 0 radical (unpaired) electrons. The molecular weight excluding hydrogens is 404 g/mol. The zero-order valence-corrected chi connectivity index (χ0v) is 17.4. The smallest absolute Gasteiger partial charge is 0.338 e. The van der Waals surface area contributed by atoms with Crippen molar-refractivity contribution < 1.29 is 23.6 Å². The van der Waals surface area contributed by atoms with Gasteiger partial charge >= 0.3 is 11.6 Å². The van der Waals surface area contributed by atoms with E-state index in [2.05, 4.69) is 5.32 Å². The van der Waals surface area contributed by atoms with Crippen molar-refractivity contribution in [3.8, 4) is 0 Å². The van der Waals surface area contributed by atoms with Gasteiger partial charge in [0.05, 0.1) is 17.1 Å². The molecule has 31 heavy (non-hydrogen) atoms. The van der Waals surface area contributed by atoms with E-state index in [1.807, 2.05) is 19.9 Å². The number of rotatable bonds is 8. The zero-order chi connectivity index (χ0) is 22.5. The summed E-state index contributed by atoms with van der Waals surface area (Å²) in [7, 11) is 1.53. The third-order valence-electron chi connectivity index (χ3n) is 4.93. The van der Waals surface area contributed by atoms with E-state index in [1.165, 1.54) is 25.3 Å². The predicted octanol–water partition coefficient (Wildman–Crippen LogP) is 3.73. The lowest BCUT2D eigenvalue weighted by Gasteiger charge is -2.11. The van der Waals surface area contributed by atoms with Gasteiger partial charge in [-0.2, -0.15) is 0 Å². The van der Waals surface area contributed by atoms with Crippen LogP contribution in [0.5, 0.6) is 0 Å². The second-order valence-corrected chi connectivity index (χ2v) is 6.96. The van der Waals surface area contributed by atoms with Gasteiger partial charge in [0, 0.05) is 36.7 Å². The van der Waals surface area contributed by atoms with Crippen LogP contribution in [0.3, 0.4) is 0 Å². The number of methoxy groups -OCH3 is 1. The molecule has 0 amide bonds. The van der Waals surface area contributed by atoms with E-state index in [9.17, 15) is 19.7 Å². The molecule has 9 heteroatoms. The molecule has 0 unspecified atom stereocenters. The fourth-order valence-corrected chi connectivity index (χ4v) is 3.12. The predicted molar refractivity (Wildman–Crippen MR) is 115 cm³/mol. The minimum atomic E-state index is -0.739. The van der Waals surface area contributed by atoms with Crippen molar-refractivity contribution in [2.24, 2.45) is 0 Å². The number of benzene rings is 2. The van der Waals surface area contributed by atoms with E-state index in [4.69, 9.17) is 13.9 Å². The highest BCUT2D eigenvalue weighted by atomic mass is 16.6. The number of nitrogens with zero attached hydrogens (tertiary/aromatic N) is 1. The van der Waals surface area contributed by atoms with Crippen LogP contribution in [0, 0.1) is 24.0 Å². The first kappa shape index (κ1) is 22.0. The minimum absolute atomic E-state index is 0.0308. The molecule has 3 aromatic rings. The van der Waals surface area contributed by atoms with Crippen molar-refractivity contribution in [3.63, 3.8) is 0 Å². The number of hydrogen-bond acceptors (Lipinski definition) is 8. The topological polar surface area (TPSA) is 121 Å². The normalized spacial score (nSPS) is 10.8. The second kappa shape index (κ2) is 9.40. The number of esters is 1. The highest BCUT2D eigenvalue weighted by Crippen LogP contribution is 2.27. The Labute approximate surface area is 177 Å². The molecule has 1 N–H and O–H groups in total. The molecule has 0 saturated heterocycles. The van der Waals surface area contributed by atoms with E-state index >= 15 is 0 Å². The lowest BCUT2D eigenvalue weighted by molar-refractivity contribution is -0.384. The Balaban J connectivity index is 1.83. The number of carbonyl (C=O) groups is 1. The zero-order valence-electron chi connectivity index (χ0n) is 17.4. The van der Waals surface area contributed by atoms with Gasteiger partial charge in [0.25, 0.3) is 5.69 Å². The van der Waals surface area contributed by atoms with Gasteiger partial charge in [-0.3, -0.25) is 10.1 Å². The average molecular weight is 426 g/mol. The number of carbonyl (C=O) groups excluding carboxylic acids is 1. The van der Waals surface area contributed by atoms with Gasteiger partial charge in [0.15, 0.2) is 0 Å². The number of aryl methyl sites for hydroxylation is 2. The third-order valence-corrected chi connectivity index (χ3v) is 4.93. The summed E-state index contributed by atoms with van der Waals surface area (Å²) in [5.74, 6) is -0.739. The molecule has 3 rings (SSSR count). The van der Waals surface area contributed by atoms with E-state index in [0.717, 1.165) is 17.2 Å². The maximum absolute atomic E-state index is 12.5. The SMILES string of the molecule is COCCNc1ccc(C(=O)OCc2cc(=O)oc3c(C)c(C)ccc23)cc1[N+](=O)[O-]. The maximum Gasteiger partial charge on any atom is 0.338 e. The molecule has 0 aliphatic carbocycles. The molecule has 9 nitrogen and oxygen atoms in total. The summed E-state index contributed by atoms with van der Waals surface area (Å²) in [6.07, 6.45) is 0. The van der Waals surface area contributed by atoms with Crippen LogP contribution in [0.2, 0.25) is 0 Å². The highest BCUT2D eigenvalue weighted by molar-refractivity contribution is 5.91. The summed E-state index contributed by atoms with van der Waals surface area (Å²) in [5, 5.41) is 14.9. The highest BCUT2D eigenvalue weighted by Gasteiger charge is 2.19. The summed E-state index contributed by atoms with van der Waals surface area (Å²) in [5.41, 5.74) is 2.25. The number of nitro groups is 1. The van der Waals surface area contributed by atoms with Gasteiger partial charge in [-0.25, -0.2) is 9.59 Å². The van der Waals surface area contributed by atoms with Gasteiger partial charge in [-0.15, -0.1) is 0 Å². The Kier molecular flexibility index (Phi) is 6.66. The summed E-state index contributed by atoms with van der Waals surface area (Å²) < 4.78 is 15.6. The van der Waals surface area contributed by atoms with Crippen LogP contribution < -0.4 is 10.9 Å². The number of nitro benzene ring substituents is 1. The Bertz CT molecular complexity index is 1200. The number of anilines is 1. The lowest BCUT2D eigenvalue weighted by Crippen LogP contribution is -2.11. The molecule has 0 saturated carbocycles. The maximum atomic E-state index is 12.5. The molecular formula is C22H22N2O7. The van der Waals surface area contributed by atoms with Crippen LogP contribution in [0.1, 0.15) is 27.0 Å². The van der Waals surface area contributed by atoms with E-state index in [0.29, 0.717) is 29.7 Å². The molecule has 0 atom stereocenters. The summed E-state index contributed by atoms with van der Waals surface area (Å²) in [6, 6.07) is 9.01. The van der Waals surface area contributed by atoms with Crippen molar-refractivity contribution in [2.75, 3.05) is 25.6 Å². The van der Waals surface area contributed by atoms with Crippen LogP contribution in [0.15, 0.2) is 45.6 Å². The Hall–Kier alpha value is -3.72. The van der Waals surface area contributed by atoms with Crippen LogP contribution in [-0.4, -0.2) is 31.2 Å². The van der Waals surface area contributed by atoms with Gasteiger partial charge in [-0.1, -0.05) is 12.1 Å². The minimum Gasteiger partial charge on any atom is -0.457 e. The lowest BCUT2D eigenvalue weighted by atomic mass is 10.0. The van der Waals surface area contributed by atoms with Gasteiger partial charge in [0.2, 0.25) is 0 Å². The summed E-state index contributed by atoms with van der Waals surface area (Å²) in [4.78, 5) is 35.3. The molecule has 0 bridgehead atoms. The second-order valence-electron chi connectivity index (χ2n) is 6.96. The fraction of sp³-hybridized carbons (Fsp3) is 0.273. The van der Waals surface area contributed by atoms with Crippen LogP contribution in [-0.2, 0) is 16.1 Å². The summed E-state index contributed by atoms with van der Waals surface area (Å²) >= 11 is 0. The van der Waals surface area contributed by atoms with Gasteiger partial charge in [-0.05, 0) is 37.1 Å². The van der Waals surface area contributed by atoms with E-state index in [1.54, 1.807) is 6.07 Å². The van der Waals surface area contributed by atoms with Gasteiger partial charge in [0.1, 0.15) is 17.9 Å². The van der Waals surface area contributed by atoms with Crippen LogP contribution >= 0.6 is 0 Å². The number of hydrogen-bond donors (Lipinski definition) is 1. The van der Waals surface area contributed by atoms with Crippen LogP contribution in [0.25, 0.3) is 11.0 Å². The molecule has 0 aliphatic rings. The Morgan fingerprint density at radius 1 is 1.19 bits per heavy atom. The van der Waals surface area contributed by atoms with Crippen molar-refractivity contribution in [1.82, 2.24) is 0 Å². The van der Waals surface area contributed by atoms with Crippen molar-refractivity contribution in [3.05, 3.63) is 79.2 Å². The molecule has 1 aromatic heterocycles. The van der Waals surface area contributed by atoms with Gasteiger partial charge < -0.3 is 19.2 Å². The Morgan fingerprint density at radius 2 is 1.97 bits per heavy atom.